The molecule has 1 aliphatic carbocycles. The third-order valence-electron chi connectivity index (χ3n) is 3.46. The molecule has 1 aliphatic rings. The van der Waals surface area contributed by atoms with Crippen molar-refractivity contribution in [3.05, 3.63) is 36.1 Å². The van der Waals surface area contributed by atoms with Gasteiger partial charge in [0.2, 0.25) is 5.91 Å². The number of rotatable bonds is 3. The van der Waals surface area contributed by atoms with Crippen molar-refractivity contribution in [1.29, 1.82) is 0 Å². The highest BCUT2D eigenvalue weighted by Gasteiger charge is 2.46. The molecule has 1 amide bonds. The van der Waals surface area contributed by atoms with Crippen LogP contribution >= 0.6 is 0 Å². The summed E-state index contributed by atoms with van der Waals surface area (Å²) in [5.41, 5.74) is 6.05. The van der Waals surface area contributed by atoms with Crippen LogP contribution in [0.4, 0.5) is 0 Å². The Hall–Kier alpha value is -1.81. The van der Waals surface area contributed by atoms with Crippen LogP contribution in [0.2, 0.25) is 0 Å². The Balaban J connectivity index is 1.79. The Kier molecular flexibility index (Phi) is 2.41. The average Bonchev–Trinajstić information content (AvgIpc) is 2.96. The first-order valence-corrected chi connectivity index (χ1v) is 6.17. The molecule has 1 saturated carbocycles. The van der Waals surface area contributed by atoms with Crippen molar-refractivity contribution in [2.75, 3.05) is 0 Å². The summed E-state index contributed by atoms with van der Waals surface area (Å²) in [4.78, 5) is 11.8. The maximum Gasteiger partial charge on any atom is 0.240 e. The van der Waals surface area contributed by atoms with Crippen molar-refractivity contribution in [3.8, 4) is 0 Å². The molecule has 1 aromatic heterocycles. The third-order valence-corrected chi connectivity index (χ3v) is 3.46. The van der Waals surface area contributed by atoms with E-state index in [1.165, 1.54) is 0 Å². The van der Waals surface area contributed by atoms with Gasteiger partial charge in [0, 0.05) is 5.39 Å². The minimum Gasteiger partial charge on any atom is -0.459 e. The van der Waals surface area contributed by atoms with E-state index in [1.54, 1.807) is 0 Å². The molecule has 1 unspecified atom stereocenters. The molecule has 2 aromatic rings. The number of para-hydroxylation sites is 1. The standard InChI is InChI=1S/C14H16N2O2/c1-9(16-13(17)14(15)6-7-14)12-8-10-4-2-3-5-11(10)18-12/h2-5,8-9H,6-7,15H2,1H3,(H,16,17). The molecule has 0 aliphatic heterocycles. The van der Waals surface area contributed by atoms with Gasteiger partial charge in [-0.15, -0.1) is 0 Å². The van der Waals surface area contributed by atoms with Crippen LogP contribution in [0.25, 0.3) is 11.0 Å². The maximum absolute atomic E-state index is 11.8. The van der Waals surface area contributed by atoms with E-state index < -0.39 is 5.54 Å². The van der Waals surface area contributed by atoms with E-state index in [2.05, 4.69) is 5.32 Å². The summed E-state index contributed by atoms with van der Waals surface area (Å²) in [6, 6.07) is 9.59. The molecule has 1 heterocycles. The first-order valence-electron chi connectivity index (χ1n) is 6.17. The Labute approximate surface area is 105 Å². The molecule has 4 heteroatoms. The Morgan fingerprint density at radius 3 is 2.83 bits per heavy atom. The number of furan rings is 1. The second-order valence-electron chi connectivity index (χ2n) is 5.04. The summed E-state index contributed by atoms with van der Waals surface area (Å²) >= 11 is 0. The van der Waals surface area contributed by atoms with Gasteiger partial charge in [-0.1, -0.05) is 18.2 Å². The van der Waals surface area contributed by atoms with Gasteiger partial charge in [-0.2, -0.15) is 0 Å². The van der Waals surface area contributed by atoms with E-state index in [4.69, 9.17) is 10.2 Å². The van der Waals surface area contributed by atoms with E-state index in [-0.39, 0.29) is 11.9 Å². The largest absolute Gasteiger partial charge is 0.459 e. The predicted octanol–water partition coefficient (Wildman–Crippen LogP) is 2.10. The van der Waals surface area contributed by atoms with Gasteiger partial charge in [0.1, 0.15) is 11.3 Å². The van der Waals surface area contributed by atoms with Gasteiger partial charge in [-0.05, 0) is 31.9 Å². The van der Waals surface area contributed by atoms with Crippen LogP contribution < -0.4 is 11.1 Å². The van der Waals surface area contributed by atoms with Crippen molar-refractivity contribution >= 4 is 16.9 Å². The molecule has 18 heavy (non-hydrogen) atoms. The van der Waals surface area contributed by atoms with Crippen LogP contribution in [0.3, 0.4) is 0 Å². The highest BCUT2D eigenvalue weighted by atomic mass is 16.3. The van der Waals surface area contributed by atoms with Crippen LogP contribution in [0.5, 0.6) is 0 Å². The molecular formula is C14H16N2O2. The van der Waals surface area contributed by atoms with E-state index >= 15 is 0 Å². The van der Waals surface area contributed by atoms with Crippen LogP contribution in [0.1, 0.15) is 31.6 Å². The highest BCUT2D eigenvalue weighted by Crippen LogP contribution is 2.33. The van der Waals surface area contributed by atoms with Gasteiger partial charge in [-0.3, -0.25) is 4.79 Å². The van der Waals surface area contributed by atoms with E-state index in [0.717, 1.165) is 29.6 Å². The molecule has 0 saturated heterocycles. The van der Waals surface area contributed by atoms with Crippen LogP contribution in [0.15, 0.2) is 34.7 Å². The molecule has 3 rings (SSSR count). The molecule has 4 nitrogen and oxygen atoms in total. The minimum atomic E-state index is -0.639. The number of nitrogens with two attached hydrogens (primary N) is 1. The summed E-state index contributed by atoms with van der Waals surface area (Å²) in [7, 11) is 0. The van der Waals surface area contributed by atoms with Crippen molar-refractivity contribution < 1.29 is 9.21 Å². The lowest BCUT2D eigenvalue weighted by molar-refractivity contribution is -0.124. The van der Waals surface area contributed by atoms with Crippen molar-refractivity contribution in [2.45, 2.75) is 31.3 Å². The number of amides is 1. The Morgan fingerprint density at radius 1 is 1.44 bits per heavy atom. The predicted molar refractivity (Wildman–Crippen MR) is 68.9 cm³/mol. The van der Waals surface area contributed by atoms with E-state index in [9.17, 15) is 4.79 Å². The minimum absolute atomic E-state index is 0.0875. The lowest BCUT2D eigenvalue weighted by Crippen LogP contribution is -2.43. The summed E-state index contributed by atoms with van der Waals surface area (Å²) in [6.45, 7) is 1.90. The number of carbonyl (C=O) groups is 1. The number of hydrogen-bond acceptors (Lipinski definition) is 3. The lowest BCUT2D eigenvalue weighted by atomic mass is 10.2. The molecule has 3 N–H and O–H groups in total. The zero-order valence-electron chi connectivity index (χ0n) is 10.3. The molecule has 1 aromatic carbocycles. The van der Waals surface area contributed by atoms with Crippen LogP contribution in [-0.4, -0.2) is 11.4 Å². The van der Waals surface area contributed by atoms with Gasteiger partial charge < -0.3 is 15.5 Å². The first-order chi connectivity index (χ1) is 8.58. The number of benzene rings is 1. The van der Waals surface area contributed by atoms with Gasteiger partial charge in [-0.25, -0.2) is 0 Å². The molecule has 0 radical (unpaired) electrons. The second kappa shape index (κ2) is 3.85. The van der Waals surface area contributed by atoms with Gasteiger partial charge in [0.05, 0.1) is 11.6 Å². The third kappa shape index (κ3) is 1.88. The smallest absolute Gasteiger partial charge is 0.240 e. The highest BCUT2D eigenvalue weighted by molar-refractivity contribution is 5.89. The van der Waals surface area contributed by atoms with Crippen molar-refractivity contribution in [1.82, 2.24) is 5.32 Å². The fourth-order valence-electron chi connectivity index (χ4n) is 1.99. The van der Waals surface area contributed by atoms with Crippen molar-refractivity contribution in [3.63, 3.8) is 0 Å². The average molecular weight is 244 g/mol. The van der Waals surface area contributed by atoms with Crippen molar-refractivity contribution in [2.24, 2.45) is 5.73 Å². The molecule has 94 valence electrons. The SMILES string of the molecule is CC(NC(=O)C1(N)CC1)c1cc2ccccc2o1. The van der Waals surface area contributed by atoms with Crippen LogP contribution in [-0.2, 0) is 4.79 Å². The molecule has 1 atom stereocenters. The number of fused-ring (bicyclic) bond motifs is 1. The number of nitrogens with one attached hydrogen (secondary N) is 1. The van der Waals surface area contributed by atoms with Gasteiger partial charge in [0.25, 0.3) is 0 Å². The quantitative estimate of drug-likeness (QED) is 0.868. The van der Waals surface area contributed by atoms with Gasteiger partial charge >= 0.3 is 0 Å². The summed E-state index contributed by atoms with van der Waals surface area (Å²) in [6.07, 6.45) is 1.54. The molecule has 0 spiro atoms. The summed E-state index contributed by atoms with van der Waals surface area (Å²) < 4.78 is 5.71. The molecule has 0 bridgehead atoms. The number of carbonyl (C=O) groups excluding carboxylic acids is 1. The second-order valence-corrected chi connectivity index (χ2v) is 5.04. The fraction of sp³-hybridized carbons (Fsp3) is 0.357. The Morgan fingerprint density at radius 2 is 2.17 bits per heavy atom. The van der Waals surface area contributed by atoms with Gasteiger partial charge in [0.15, 0.2) is 0 Å². The maximum atomic E-state index is 11.8. The zero-order valence-corrected chi connectivity index (χ0v) is 10.3. The first kappa shape index (κ1) is 11.3. The van der Waals surface area contributed by atoms with E-state index in [0.29, 0.717) is 0 Å². The monoisotopic (exact) mass is 244 g/mol. The van der Waals surface area contributed by atoms with Crippen LogP contribution in [0, 0.1) is 0 Å². The topological polar surface area (TPSA) is 68.3 Å². The fourth-order valence-corrected chi connectivity index (χ4v) is 1.99. The van der Waals surface area contributed by atoms with E-state index in [1.807, 2.05) is 37.3 Å². The summed E-state index contributed by atoms with van der Waals surface area (Å²) in [5, 5.41) is 3.95. The number of hydrogen-bond donors (Lipinski definition) is 2. The molecule has 1 fully saturated rings. The lowest BCUT2D eigenvalue weighted by Gasteiger charge is -2.14. The normalized spacial score (nSPS) is 18.6. The molecular weight excluding hydrogens is 228 g/mol. The Bertz CT molecular complexity index is 566. The zero-order chi connectivity index (χ0) is 12.8. The summed E-state index contributed by atoms with van der Waals surface area (Å²) in [5.74, 6) is 0.671.